The zero-order valence-corrected chi connectivity index (χ0v) is 27.4. The quantitative estimate of drug-likeness (QED) is 0.165. The van der Waals surface area contributed by atoms with Crippen LogP contribution in [0.3, 0.4) is 0 Å². The maximum Gasteiger partial charge on any atom is 0.419 e. The van der Waals surface area contributed by atoms with Crippen molar-refractivity contribution in [2.75, 3.05) is 19.7 Å². The number of hydrogen-bond donors (Lipinski definition) is 1. The molecule has 0 aliphatic heterocycles. The molecular weight excluding hydrogens is 580 g/mol. The summed E-state index contributed by atoms with van der Waals surface area (Å²) in [6, 6.07) is 7.86. The van der Waals surface area contributed by atoms with Gasteiger partial charge in [0, 0.05) is 30.6 Å². The standard InChI is InChI=1S/C32H44F4N2O4Si/c1-30(2,3)42-29(39)38(17-18-41-43(7,8)31(4,5)6)21-25-19-23(11-9-10-16-37)13-15-28(25)40-22-24-12-14-27(33)26(20-24)32(34,35)36/h12-15,19-20H,10,16-18,21-22,37H2,1-8H3. The van der Waals surface area contributed by atoms with Crippen LogP contribution >= 0.6 is 0 Å². The Bertz CT molecular complexity index is 1310. The van der Waals surface area contributed by atoms with E-state index in [0.29, 0.717) is 29.8 Å². The van der Waals surface area contributed by atoms with Crippen molar-refractivity contribution in [1.29, 1.82) is 0 Å². The summed E-state index contributed by atoms with van der Waals surface area (Å²) >= 11 is 0. The van der Waals surface area contributed by atoms with Crippen molar-refractivity contribution in [3.8, 4) is 17.6 Å². The molecule has 0 aliphatic carbocycles. The number of ether oxygens (including phenoxy) is 2. The average molecular weight is 625 g/mol. The number of halogens is 4. The SMILES string of the molecule is CC(C)(C)OC(=O)N(CCO[Si](C)(C)C(C)(C)C)Cc1cc(C#CCCN)ccc1OCc1ccc(F)c(C(F)(F)F)c1. The smallest absolute Gasteiger partial charge is 0.419 e. The second-order valence-corrected chi connectivity index (χ2v) is 17.6. The van der Waals surface area contributed by atoms with Crippen molar-refractivity contribution in [3.63, 3.8) is 0 Å². The van der Waals surface area contributed by atoms with Crippen molar-refractivity contribution >= 4 is 14.4 Å². The molecule has 0 radical (unpaired) electrons. The van der Waals surface area contributed by atoms with E-state index >= 15 is 0 Å². The van der Waals surface area contributed by atoms with E-state index in [-0.39, 0.29) is 36.9 Å². The molecule has 2 rings (SSSR count). The Morgan fingerprint density at radius 1 is 1.02 bits per heavy atom. The lowest BCUT2D eigenvalue weighted by Gasteiger charge is -2.37. The summed E-state index contributed by atoms with van der Waals surface area (Å²) in [5, 5.41) is -0.0202. The van der Waals surface area contributed by atoms with Crippen LogP contribution in [0.1, 0.15) is 70.2 Å². The summed E-state index contributed by atoms with van der Waals surface area (Å²) in [6.07, 6.45) is -4.89. The molecule has 0 aromatic heterocycles. The van der Waals surface area contributed by atoms with Crippen molar-refractivity contribution < 1.29 is 36.3 Å². The van der Waals surface area contributed by atoms with Gasteiger partial charge in [0.2, 0.25) is 0 Å². The van der Waals surface area contributed by atoms with Crippen molar-refractivity contribution in [2.45, 2.75) is 91.0 Å². The number of hydrogen-bond acceptors (Lipinski definition) is 5. The fourth-order valence-corrected chi connectivity index (χ4v) is 4.63. The first-order valence-corrected chi connectivity index (χ1v) is 17.1. The Hall–Kier alpha value is -3.07. The molecular formula is C32H44F4N2O4Si. The van der Waals surface area contributed by atoms with Crippen LogP contribution in [0.15, 0.2) is 36.4 Å². The van der Waals surface area contributed by atoms with Crippen molar-refractivity contribution in [3.05, 3.63) is 64.5 Å². The summed E-state index contributed by atoms with van der Waals surface area (Å²) in [5.41, 5.74) is 4.80. The van der Waals surface area contributed by atoms with Gasteiger partial charge in [-0.25, -0.2) is 9.18 Å². The second kappa shape index (κ2) is 14.6. The third-order valence-electron chi connectivity index (χ3n) is 6.94. The van der Waals surface area contributed by atoms with Crippen LogP contribution in [0, 0.1) is 17.7 Å². The van der Waals surface area contributed by atoms with Gasteiger partial charge in [-0.2, -0.15) is 13.2 Å². The molecule has 0 aliphatic rings. The molecule has 1 amide bonds. The molecule has 0 heterocycles. The molecule has 0 fully saturated rings. The molecule has 2 aromatic rings. The van der Waals surface area contributed by atoms with Gasteiger partial charge in [-0.3, -0.25) is 0 Å². The first kappa shape index (κ1) is 36.1. The highest BCUT2D eigenvalue weighted by Crippen LogP contribution is 2.36. The topological polar surface area (TPSA) is 74.0 Å². The molecule has 43 heavy (non-hydrogen) atoms. The van der Waals surface area contributed by atoms with E-state index in [1.807, 2.05) is 0 Å². The van der Waals surface area contributed by atoms with Crippen molar-refractivity contribution in [1.82, 2.24) is 4.90 Å². The fourth-order valence-electron chi connectivity index (χ4n) is 3.59. The predicted octanol–water partition coefficient (Wildman–Crippen LogP) is 7.88. The van der Waals surface area contributed by atoms with Crippen LogP contribution in [0.4, 0.5) is 22.4 Å². The summed E-state index contributed by atoms with van der Waals surface area (Å²) in [7, 11) is -2.10. The summed E-state index contributed by atoms with van der Waals surface area (Å²) < 4.78 is 71.5. The molecule has 0 unspecified atom stereocenters. The highest BCUT2D eigenvalue weighted by Gasteiger charge is 2.37. The van der Waals surface area contributed by atoms with Gasteiger partial charge in [0.05, 0.1) is 18.7 Å². The maximum absolute atomic E-state index is 13.8. The van der Waals surface area contributed by atoms with Crippen LogP contribution in [0.5, 0.6) is 5.75 Å². The summed E-state index contributed by atoms with van der Waals surface area (Å²) in [5.74, 6) is 4.98. The minimum Gasteiger partial charge on any atom is -0.489 e. The van der Waals surface area contributed by atoms with E-state index in [1.165, 1.54) is 11.0 Å². The summed E-state index contributed by atoms with van der Waals surface area (Å²) in [4.78, 5) is 14.8. The zero-order chi connectivity index (χ0) is 32.6. The predicted molar refractivity (Wildman–Crippen MR) is 163 cm³/mol. The number of nitrogens with two attached hydrogens (primary N) is 1. The largest absolute Gasteiger partial charge is 0.489 e. The van der Waals surface area contributed by atoms with E-state index in [4.69, 9.17) is 19.6 Å². The molecule has 0 bridgehead atoms. The Balaban J connectivity index is 2.41. The molecule has 238 valence electrons. The van der Waals surface area contributed by atoms with Gasteiger partial charge in [0.25, 0.3) is 0 Å². The average Bonchev–Trinajstić information content (AvgIpc) is 2.86. The number of amides is 1. The van der Waals surface area contributed by atoms with Gasteiger partial charge >= 0.3 is 12.3 Å². The Kier molecular flexibility index (Phi) is 12.3. The van der Waals surface area contributed by atoms with E-state index in [0.717, 1.165) is 12.1 Å². The lowest BCUT2D eigenvalue weighted by molar-refractivity contribution is -0.140. The monoisotopic (exact) mass is 624 g/mol. The molecule has 11 heteroatoms. The zero-order valence-electron chi connectivity index (χ0n) is 26.4. The highest BCUT2D eigenvalue weighted by molar-refractivity contribution is 6.74. The van der Waals surface area contributed by atoms with Gasteiger partial charge in [0.1, 0.15) is 23.8 Å². The van der Waals surface area contributed by atoms with Gasteiger partial charge in [-0.05, 0) is 74.8 Å². The first-order valence-electron chi connectivity index (χ1n) is 14.2. The van der Waals surface area contributed by atoms with Gasteiger partial charge in [0.15, 0.2) is 8.32 Å². The fraction of sp³-hybridized carbons (Fsp3) is 0.531. The first-order chi connectivity index (χ1) is 19.7. The molecule has 0 saturated heterocycles. The highest BCUT2D eigenvalue weighted by atomic mass is 28.4. The molecule has 0 atom stereocenters. The number of carbonyl (C=O) groups is 1. The third-order valence-corrected chi connectivity index (χ3v) is 11.5. The van der Waals surface area contributed by atoms with Crippen LogP contribution in [-0.2, 0) is 28.5 Å². The molecule has 0 saturated carbocycles. The number of rotatable bonds is 10. The Morgan fingerprint density at radius 3 is 2.28 bits per heavy atom. The Labute approximate surface area is 254 Å². The maximum atomic E-state index is 13.8. The number of carbonyl (C=O) groups excluding carboxylic acids is 1. The van der Waals surface area contributed by atoms with E-state index in [9.17, 15) is 22.4 Å². The van der Waals surface area contributed by atoms with E-state index < -0.39 is 37.6 Å². The van der Waals surface area contributed by atoms with Crippen LogP contribution in [0.2, 0.25) is 18.1 Å². The van der Waals surface area contributed by atoms with Crippen LogP contribution in [-0.4, -0.2) is 44.6 Å². The van der Waals surface area contributed by atoms with Gasteiger partial charge < -0.3 is 24.5 Å². The molecule has 2 N–H and O–H groups in total. The summed E-state index contributed by atoms with van der Waals surface area (Å²) in [6.45, 7) is 16.7. The molecule has 2 aromatic carbocycles. The molecule has 6 nitrogen and oxygen atoms in total. The molecule has 0 spiro atoms. The third kappa shape index (κ3) is 11.5. The van der Waals surface area contributed by atoms with Crippen molar-refractivity contribution in [2.24, 2.45) is 5.73 Å². The minimum atomic E-state index is -4.84. The minimum absolute atomic E-state index is 0.0202. The van der Waals surface area contributed by atoms with Crippen LogP contribution < -0.4 is 10.5 Å². The van der Waals surface area contributed by atoms with Gasteiger partial charge in [-0.1, -0.05) is 38.7 Å². The lowest BCUT2D eigenvalue weighted by atomic mass is 10.1. The van der Waals surface area contributed by atoms with E-state index in [1.54, 1.807) is 39.0 Å². The lowest BCUT2D eigenvalue weighted by Crippen LogP contribution is -2.44. The number of alkyl halides is 3. The van der Waals surface area contributed by atoms with Crippen LogP contribution in [0.25, 0.3) is 0 Å². The Morgan fingerprint density at radius 2 is 1.70 bits per heavy atom. The van der Waals surface area contributed by atoms with E-state index in [2.05, 4.69) is 45.7 Å². The number of nitrogens with zero attached hydrogens (tertiary/aromatic N) is 1. The second-order valence-electron chi connectivity index (χ2n) is 12.8. The van der Waals surface area contributed by atoms with Gasteiger partial charge in [-0.15, -0.1) is 0 Å². The number of benzene rings is 2. The normalized spacial score (nSPS) is 12.4.